The van der Waals surface area contributed by atoms with Crippen molar-refractivity contribution >= 4 is 40.7 Å². The average Bonchev–Trinajstić information content (AvgIpc) is 3.94. The monoisotopic (exact) mass is 770 g/mol. The molecule has 6 aliphatic heterocycles. The SMILES string of the molecule is CC12C=CC(CCO)(O1)[C@H]1C(=O)N(c3ccc(C#N)c(C(F)(F)F)c3)C(=O)[C@H]12.[C-]#[N+]c1ccc(N2C(=O)[C@@H]3C4C=CC(CCO)(O4)[C@@H]3C2=O)cc1C(F)(F)F. The van der Waals surface area contributed by atoms with Crippen molar-refractivity contribution in [3.8, 4) is 6.07 Å². The van der Waals surface area contributed by atoms with E-state index in [1.807, 2.05) is 0 Å². The predicted molar refractivity (Wildman–Crippen MR) is 174 cm³/mol. The highest BCUT2D eigenvalue weighted by Gasteiger charge is 2.72. The quantitative estimate of drug-likeness (QED) is 0.185. The smallest absolute Gasteiger partial charge is 0.396 e. The Labute approximate surface area is 307 Å². The topological polar surface area (TPSA) is 162 Å². The molecule has 4 unspecified atom stereocenters. The van der Waals surface area contributed by atoms with Crippen LogP contribution in [0.4, 0.5) is 43.4 Å². The third-order valence-electron chi connectivity index (χ3n) is 11.1. The van der Waals surface area contributed by atoms with E-state index in [1.165, 1.54) is 6.07 Å². The number of aliphatic hydroxyl groups excluding tert-OH is 2. The van der Waals surface area contributed by atoms with E-state index >= 15 is 0 Å². The second-order valence-electron chi connectivity index (χ2n) is 14.1. The Morgan fingerprint density at radius 3 is 1.96 bits per heavy atom. The number of hydrogen-bond donors (Lipinski definition) is 2. The number of nitriles is 1. The maximum atomic E-state index is 13.3. The average molecular weight is 771 g/mol. The first-order chi connectivity index (χ1) is 25.8. The Morgan fingerprint density at radius 1 is 0.800 bits per heavy atom. The number of hydrogen-bond acceptors (Lipinski definition) is 9. The van der Waals surface area contributed by atoms with Crippen molar-refractivity contribution in [1.29, 1.82) is 5.26 Å². The number of benzene rings is 2. The third kappa shape index (κ3) is 5.49. The van der Waals surface area contributed by atoms with Gasteiger partial charge >= 0.3 is 12.4 Å². The minimum atomic E-state index is -4.81. The number of nitrogens with zero attached hydrogens (tertiary/aromatic N) is 4. The van der Waals surface area contributed by atoms with Crippen molar-refractivity contribution in [2.75, 3.05) is 23.0 Å². The molecule has 4 bridgehead atoms. The Balaban J connectivity index is 0.000000169. The number of alkyl halides is 6. The molecular formula is C37H28F6N4O8. The van der Waals surface area contributed by atoms with Crippen LogP contribution in [0.3, 0.4) is 0 Å². The molecule has 4 saturated heterocycles. The van der Waals surface area contributed by atoms with Gasteiger partial charge in [0.15, 0.2) is 5.69 Å². The lowest BCUT2D eigenvalue weighted by Crippen LogP contribution is -2.41. The predicted octanol–water partition coefficient (Wildman–Crippen LogP) is 4.61. The number of fused-ring (bicyclic) bond motifs is 10. The Bertz CT molecular complexity index is 2190. The fraction of sp³-hybridized carbons (Fsp3) is 0.405. The van der Waals surface area contributed by atoms with Gasteiger partial charge in [-0.25, -0.2) is 14.6 Å². The van der Waals surface area contributed by atoms with Crippen molar-refractivity contribution in [2.45, 2.75) is 55.0 Å². The molecule has 0 spiro atoms. The summed E-state index contributed by atoms with van der Waals surface area (Å²) < 4.78 is 91.2. The van der Waals surface area contributed by atoms with E-state index in [4.69, 9.17) is 21.3 Å². The fourth-order valence-corrected chi connectivity index (χ4v) is 8.79. The number of carbonyl (C=O) groups excluding carboxylic acids is 4. The summed E-state index contributed by atoms with van der Waals surface area (Å²) in [6.07, 6.45) is -3.44. The molecule has 8 atom stereocenters. The Morgan fingerprint density at radius 2 is 1.36 bits per heavy atom. The summed E-state index contributed by atoms with van der Waals surface area (Å²) in [5, 5.41) is 27.6. The van der Waals surface area contributed by atoms with Gasteiger partial charge in [-0.05, 0) is 37.3 Å². The van der Waals surface area contributed by atoms with Crippen LogP contribution in [0.2, 0.25) is 0 Å². The highest BCUT2D eigenvalue weighted by Crippen LogP contribution is 2.59. The summed E-state index contributed by atoms with van der Waals surface area (Å²) >= 11 is 0. The fourth-order valence-electron chi connectivity index (χ4n) is 8.79. The molecule has 18 heteroatoms. The number of imide groups is 2. The number of carbonyl (C=O) groups is 4. The Kier molecular flexibility index (Phi) is 8.66. The van der Waals surface area contributed by atoms with Crippen LogP contribution in [0.5, 0.6) is 0 Å². The number of rotatable bonds is 6. The van der Waals surface area contributed by atoms with E-state index in [2.05, 4.69) is 4.85 Å². The molecule has 0 aromatic heterocycles. The molecule has 0 radical (unpaired) electrons. The zero-order valence-electron chi connectivity index (χ0n) is 28.4. The summed E-state index contributed by atoms with van der Waals surface area (Å²) in [7, 11) is 0. The summed E-state index contributed by atoms with van der Waals surface area (Å²) in [6, 6.07) is 6.98. The molecule has 4 fully saturated rings. The number of anilines is 2. The van der Waals surface area contributed by atoms with Gasteiger partial charge in [0.05, 0.1) is 70.4 Å². The highest BCUT2D eigenvalue weighted by atomic mass is 19.4. The van der Waals surface area contributed by atoms with E-state index in [0.29, 0.717) is 12.1 Å². The van der Waals surface area contributed by atoms with Gasteiger partial charge < -0.3 is 19.7 Å². The van der Waals surface area contributed by atoms with Crippen LogP contribution in [0, 0.1) is 41.6 Å². The lowest BCUT2D eigenvalue weighted by Gasteiger charge is -2.28. The maximum Gasteiger partial charge on any atom is 0.417 e. The van der Waals surface area contributed by atoms with Gasteiger partial charge in [-0.15, -0.1) is 0 Å². The molecule has 4 amide bonds. The van der Waals surface area contributed by atoms with E-state index < -0.39 is 105 Å². The van der Waals surface area contributed by atoms with Crippen molar-refractivity contribution in [1.82, 2.24) is 0 Å². The largest absolute Gasteiger partial charge is 0.417 e. The molecule has 0 saturated carbocycles. The van der Waals surface area contributed by atoms with Crippen LogP contribution in [0.25, 0.3) is 4.85 Å². The van der Waals surface area contributed by atoms with E-state index in [-0.39, 0.29) is 37.4 Å². The van der Waals surface area contributed by atoms with Gasteiger partial charge in [-0.2, -0.15) is 31.6 Å². The molecule has 55 heavy (non-hydrogen) atoms. The molecule has 6 aliphatic rings. The minimum Gasteiger partial charge on any atom is -0.396 e. The first-order valence-electron chi connectivity index (χ1n) is 16.8. The highest BCUT2D eigenvalue weighted by molar-refractivity contribution is 6.24. The zero-order valence-corrected chi connectivity index (χ0v) is 28.4. The van der Waals surface area contributed by atoms with Crippen LogP contribution in [-0.4, -0.2) is 70.0 Å². The first-order valence-corrected chi connectivity index (χ1v) is 16.8. The van der Waals surface area contributed by atoms with Gasteiger partial charge in [0.25, 0.3) is 0 Å². The first kappa shape index (κ1) is 37.9. The number of halogens is 6. The molecular weight excluding hydrogens is 742 g/mol. The second kappa shape index (κ2) is 12.6. The van der Waals surface area contributed by atoms with E-state index in [1.54, 1.807) is 31.2 Å². The lowest BCUT2D eigenvalue weighted by atomic mass is 9.71. The van der Waals surface area contributed by atoms with Crippen LogP contribution in [0.1, 0.15) is 36.5 Å². The van der Waals surface area contributed by atoms with Gasteiger partial charge in [0, 0.05) is 31.7 Å². The van der Waals surface area contributed by atoms with Gasteiger partial charge in [-0.3, -0.25) is 19.2 Å². The maximum absolute atomic E-state index is 13.3. The lowest BCUT2D eigenvalue weighted by molar-refractivity contribution is -0.138. The standard InChI is InChI=1S/C19H15F3N2O4.C18H13F3N2O4/c1-17-4-5-18(28-17,6-7-25)14-13(17)15(26)24(16(14)27)11-3-2-10(9-23)12(8-11)19(20,21)22;1-22-11-3-2-9(8-10(11)18(19,20)21)23-15(25)13-12-4-5-17(27-12,6-7-24)14(13)16(23)26/h2-5,8,13-14,25H,6-7H2,1H3;2-5,8,12-14,24H,6-7H2/t13-,14+,17?,18?;12?,13-,14+,17?/m01/s1. The summed E-state index contributed by atoms with van der Waals surface area (Å²) in [6.45, 7) is 7.99. The van der Waals surface area contributed by atoms with Crippen molar-refractivity contribution in [3.63, 3.8) is 0 Å². The van der Waals surface area contributed by atoms with E-state index in [9.17, 15) is 55.7 Å². The normalized spacial score (nSPS) is 32.5. The Hall–Kier alpha value is -5.40. The molecule has 2 N–H and O–H groups in total. The van der Waals surface area contributed by atoms with Crippen molar-refractivity contribution in [3.05, 3.63) is 88.8 Å². The van der Waals surface area contributed by atoms with E-state index in [0.717, 1.165) is 34.1 Å². The molecule has 0 aliphatic carbocycles. The summed E-state index contributed by atoms with van der Waals surface area (Å²) in [4.78, 5) is 56.3. The third-order valence-corrected chi connectivity index (χ3v) is 11.1. The van der Waals surface area contributed by atoms with Crippen LogP contribution in [-0.2, 0) is 41.0 Å². The number of amides is 4. The summed E-state index contributed by atoms with van der Waals surface area (Å²) in [5.41, 5.74) is -7.41. The molecule has 286 valence electrons. The zero-order chi connectivity index (χ0) is 40.0. The molecule has 2 aromatic carbocycles. The van der Waals surface area contributed by atoms with Crippen LogP contribution < -0.4 is 9.80 Å². The minimum absolute atomic E-state index is 0.0916. The van der Waals surface area contributed by atoms with Crippen LogP contribution >= 0.6 is 0 Å². The summed E-state index contributed by atoms with van der Waals surface area (Å²) in [5.74, 6) is -6.15. The molecule has 6 heterocycles. The van der Waals surface area contributed by atoms with Gasteiger partial charge in [-0.1, -0.05) is 30.4 Å². The van der Waals surface area contributed by atoms with Crippen molar-refractivity contribution in [2.24, 2.45) is 23.7 Å². The second-order valence-corrected chi connectivity index (χ2v) is 14.1. The molecule has 2 aromatic rings. The number of ether oxygens (including phenoxy) is 2. The van der Waals surface area contributed by atoms with Crippen molar-refractivity contribution < 1.29 is 65.2 Å². The molecule has 12 nitrogen and oxygen atoms in total. The van der Waals surface area contributed by atoms with Crippen LogP contribution in [0.15, 0.2) is 60.7 Å². The van der Waals surface area contributed by atoms with Gasteiger partial charge in [0.1, 0.15) is 11.2 Å². The van der Waals surface area contributed by atoms with Gasteiger partial charge in [0.2, 0.25) is 23.6 Å². The molecule has 8 rings (SSSR count). The number of aliphatic hydroxyl groups is 2.